The summed E-state index contributed by atoms with van der Waals surface area (Å²) in [5.74, 6) is 3.34. The van der Waals surface area contributed by atoms with Crippen molar-refractivity contribution < 1.29 is 9.09 Å². The molecule has 0 heterocycles. The molecule has 2 atom stereocenters. The second-order valence-electron chi connectivity index (χ2n) is 2.80. The molecule has 0 rings (SSSR count). The smallest absolute Gasteiger partial charge is 0.254 e. The van der Waals surface area contributed by atoms with Crippen molar-refractivity contribution in [1.29, 1.82) is 0 Å². The van der Waals surface area contributed by atoms with Gasteiger partial charge < -0.3 is 4.52 Å². The molecule has 0 radical (unpaired) electrons. The summed E-state index contributed by atoms with van der Waals surface area (Å²) in [4.78, 5) is 0. The fourth-order valence-electron chi connectivity index (χ4n) is 0.761. The highest BCUT2D eigenvalue weighted by atomic mass is 32.7. The van der Waals surface area contributed by atoms with Crippen LogP contribution in [0.5, 0.6) is 0 Å². The number of hydrogen-bond donors (Lipinski definition) is 0. The van der Waals surface area contributed by atoms with E-state index < -0.39 is 6.57 Å². The van der Waals surface area contributed by atoms with Gasteiger partial charge in [-0.2, -0.15) is 0 Å². The van der Waals surface area contributed by atoms with Gasteiger partial charge in [-0.1, -0.05) is 11.4 Å². The molecule has 0 aromatic carbocycles. The Morgan fingerprint density at radius 2 is 2.08 bits per heavy atom. The fourth-order valence-corrected chi connectivity index (χ4v) is 5.57. The molecule has 0 aliphatic carbocycles. The van der Waals surface area contributed by atoms with Gasteiger partial charge in [-0.05, 0) is 24.7 Å². The lowest BCUT2D eigenvalue weighted by atomic mass is 10.9. The van der Waals surface area contributed by atoms with Crippen LogP contribution in [-0.2, 0) is 20.0 Å². The fraction of sp³-hybridized carbons (Fsp3) is 1.00. The molecule has 0 saturated heterocycles. The van der Waals surface area contributed by atoms with E-state index in [4.69, 9.17) is 4.52 Å². The maximum absolute atomic E-state index is 11.6. The molecule has 0 aliphatic rings. The molecular weight excluding hydrogens is 223 g/mol. The first-order chi connectivity index (χ1) is 6.02. The van der Waals surface area contributed by atoms with Crippen molar-refractivity contribution in [2.75, 3.05) is 36.8 Å². The van der Waals surface area contributed by atoms with Crippen LogP contribution in [0.3, 0.4) is 0 Å². The van der Waals surface area contributed by atoms with E-state index in [9.17, 15) is 4.57 Å². The zero-order chi connectivity index (χ0) is 10.3. The van der Waals surface area contributed by atoms with Crippen LogP contribution in [0.1, 0.15) is 13.8 Å². The largest absolute Gasteiger partial charge is 0.322 e. The van der Waals surface area contributed by atoms with Gasteiger partial charge in [0, 0.05) is 12.4 Å². The highest BCUT2D eigenvalue weighted by molar-refractivity contribution is 8.56. The molecule has 0 N–H and O–H groups in total. The van der Waals surface area contributed by atoms with E-state index in [-0.39, 0.29) is 0 Å². The van der Waals surface area contributed by atoms with E-state index in [1.807, 2.05) is 6.92 Å². The average molecular weight is 243 g/mol. The zero-order valence-corrected chi connectivity index (χ0v) is 11.4. The topological polar surface area (TPSA) is 26.3 Å². The van der Waals surface area contributed by atoms with E-state index in [1.165, 1.54) is 17.1 Å². The molecule has 80 valence electrons. The Bertz CT molecular complexity index is 176. The molecule has 0 fully saturated rings. The van der Waals surface area contributed by atoms with Gasteiger partial charge in [0.25, 0.3) is 6.57 Å². The Morgan fingerprint density at radius 1 is 1.46 bits per heavy atom. The van der Waals surface area contributed by atoms with E-state index in [0.717, 1.165) is 11.5 Å². The third-order valence-electron chi connectivity index (χ3n) is 1.61. The standard InChI is InChI=1S/C8H20O2PS2/c1-5-10-11(3,9)12-7-8-13(4)6-2/h5-8H2,1-4H3/q+1. The highest BCUT2D eigenvalue weighted by Gasteiger charge is 2.17. The van der Waals surface area contributed by atoms with Crippen LogP contribution in [-0.4, -0.2) is 36.8 Å². The third-order valence-corrected chi connectivity index (χ3v) is 7.61. The zero-order valence-electron chi connectivity index (χ0n) is 8.91. The summed E-state index contributed by atoms with van der Waals surface area (Å²) >= 11 is 1.49. The van der Waals surface area contributed by atoms with E-state index in [1.54, 1.807) is 6.66 Å². The van der Waals surface area contributed by atoms with Crippen molar-refractivity contribution in [3.05, 3.63) is 0 Å². The normalized spacial score (nSPS) is 18.2. The van der Waals surface area contributed by atoms with Gasteiger partial charge in [0.15, 0.2) is 0 Å². The van der Waals surface area contributed by atoms with Gasteiger partial charge in [0.05, 0.1) is 12.9 Å². The van der Waals surface area contributed by atoms with Crippen LogP contribution in [0.2, 0.25) is 0 Å². The third kappa shape index (κ3) is 7.92. The van der Waals surface area contributed by atoms with Crippen LogP contribution < -0.4 is 0 Å². The maximum Gasteiger partial charge on any atom is 0.254 e. The summed E-state index contributed by atoms with van der Waals surface area (Å²) in [6.07, 6.45) is 2.25. The first kappa shape index (κ1) is 13.9. The summed E-state index contributed by atoms with van der Waals surface area (Å²) in [6.45, 7) is 4.00. The van der Waals surface area contributed by atoms with Crippen LogP contribution >= 0.6 is 18.0 Å². The molecule has 0 spiro atoms. The van der Waals surface area contributed by atoms with Gasteiger partial charge in [0.1, 0.15) is 11.5 Å². The second kappa shape index (κ2) is 7.22. The molecule has 2 unspecified atom stereocenters. The predicted molar refractivity (Wildman–Crippen MR) is 66.3 cm³/mol. The van der Waals surface area contributed by atoms with Gasteiger partial charge >= 0.3 is 0 Å². The SMILES string of the molecule is CCOP(C)(=O)SCC[S+](C)CC. The molecule has 5 heteroatoms. The second-order valence-corrected chi connectivity index (χ2v) is 10.6. The van der Waals surface area contributed by atoms with Crippen molar-refractivity contribution in [2.24, 2.45) is 0 Å². The Kier molecular flexibility index (Phi) is 7.71. The Labute approximate surface area is 88.7 Å². The van der Waals surface area contributed by atoms with Crippen LogP contribution in [0.15, 0.2) is 0 Å². The maximum atomic E-state index is 11.6. The van der Waals surface area contributed by atoms with Crippen LogP contribution in [0.4, 0.5) is 0 Å². The Morgan fingerprint density at radius 3 is 2.54 bits per heavy atom. The van der Waals surface area contributed by atoms with Crippen molar-refractivity contribution in [1.82, 2.24) is 0 Å². The minimum Gasteiger partial charge on any atom is -0.322 e. The van der Waals surface area contributed by atoms with Gasteiger partial charge in [-0.15, -0.1) is 0 Å². The van der Waals surface area contributed by atoms with Crippen LogP contribution in [0, 0.1) is 0 Å². The first-order valence-corrected chi connectivity index (χ1v) is 10.1. The molecule has 0 amide bonds. The summed E-state index contributed by atoms with van der Waals surface area (Å²) in [5, 5.41) is 0. The van der Waals surface area contributed by atoms with E-state index >= 15 is 0 Å². The van der Waals surface area contributed by atoms with E-state index in [0.29, 0.717) is 17.5 Å². The lowest BCUT2D eigenvalue weighted by Gasteiger charge is -2.10. The monoisotopic (exact) mass is 243 g/mol. The quantitative estimate of drug-likeness (QED) is 0.508. The molecular formula is C8H20O2PS2+. The van der Waals surface area contributed by atoms with Gasteiger partial charge in [0.2, 0.25) is 0 Å². The molecule has 0 bridgehead atoms. The molecule has 0 aromatic rings. The predicted octanol–water partition coefficient (Wildman–Crippen LogP) is 2.85. The summed E-state index contributed by atoms with van der Waals surface area (Å²) in [5.41, 5.74) is 0. The van der Waals surface area contributed by atoms with Crippen molar-refractivity contribution in [3.8, 4) is 0 Å². The van der Waals surface area contributed by atoms with Crippen LogP contribution in [0.25, 0.3) is 0 Å². The highest BCUT2D eigenvalue weighted by Crippen LogP contribution is 2.55. The minimum absolute atomic E-state index is 0.487. The molecule has 2 nitrogen and oxygen atoms in total. The summed E-state index contributed by atoms with van der Waals surface area (Å²) < 4.78 is 16.8. The summed E-state index contributed by atoms with van der Waals surface area (Å²) in [7, 11) is 0.487. The lowest BCUT2D eigenvalue weighted by Crippen LogP contribution is -2.09. The number of hydrogen-bond acceptors (Lipinski definition) is 3. The van der Waals surface area contributed by atoms with Crippen molar-refractivity contribution >= 4 is 28.8 Å². The first-order valence-electron chi connectivity index (χ1n) is 4.47. The Balaban J connectivity index is 3.57. The van der Waals surface area contributed by atoms with Crippen molar-refractivity contribution in [2.45, 2.75) is 13.8 Å². The van der Waals surface area contributed by atoms with Gasteiger partial charge in [-0.25, -0.2) is 0 Å². The number of rotatable bonds is 7. The molecule has 0 saturated carbocycles. The Hall–Kier alpha value is 0.890. The van der Waals surface area contributed by atoms with Gasteiger partial charge in [-0.3, -0.25) is 4.57 Å². The molecule has 0 aromatic heterocycles. The van der Waals surface area contributed by atoms with E-state index in [2.05, 4.69) is 13.2 Å². The molecule has 0 aliphatic heterocycles. The van der Waals surface area contributed by atoms with Crippen molar-refractivity contribution in [3.63, 3.8) is 0 Å². The summed E-state index contributed by atoms with van der Waals surface area (Å²) in [6, 6.07) is 0. The minimum atomic E-state index is -2.34. The lowest BCUT2D eigenvalue weighted by molar-refractivity contribution is 0.350. The average Bonchev–Trinajstić information content (AvgIpc) is 2.03. The molecule has 13 heavy (non-hydrogen) atoms.